The molecule has 0 radical (unpaired) electrons. The minimum absolute atomic E-state index is 0.534. The largest absolute Gasteiger partial charge is 0.385 e. The Kier molecular flexibility index (Phi) is 4.14. The molecule has 0 aliphatic carbocycles. The first-order valence-corrected chi connectivity index (χ1v) is 6.87. The quantitative estimate of drug-likeness (QED) is 0.769. The molecule has 2 rings (SSSR count). The summed E-state index contributed by atoms with van der Waals surface area (Å²) < 4.78 is 0. The fourth-order valence-electron chi connectivity index (χ4n) is 1.82. The van der Waals surface area contributed by atoms with Crippen LogP contribution in [-0.4, -0.2) is 24.1 Å². The summed E-state index contributed by atoms with van der Waals surface area (Å²) in [5, 5.41) is 5.95. The number of carbonyl (C=O) groups excluding carboxylic acids is 1. The summed E-state index contributed by atoms with van der Waals surface area (Å²) in [6.07, 6.45) is 1.30. The van der Waals surface area contributed by atoms with Crippen molar-refractivity contribution < 1.29 is 4.79 Å². The molecule has 1 aliphatic rings. The number of urea groups is 1. The lowest BCUT2D eigenvalue weighted by Crippen LogP contribution is -2.19. The third kappa shape index (κ3) is 3.85. The van der Waals surface area contributed by atoms with Crippen LogP contribution in [0.2, 0.25) is 0 Å². The van der Waals surface area contributed by atoms with Crippen molar-refractivity contribution in [2.24, 2.45) is 11.7 Å². The predicted molar refractivity (Wildman–Crippen MR) is 73.6 cm³/mol. The molecule has 4 nitrogen and oxygen atoms in total. The molecule has 0 saturated carbocycles. The van der Waals surface area contributed by atoms with Crippen molar-refractivity contribution in [2.45, 2.75) is 6.42 Å². The fraction of sp³-hybridized carbons (Fsp3) is 0.417. The summed E-state index contributed by atoms with van der Waals surface area (Å²) in [6.45, 7) is 1.02. The molecule has 0 bridgehead atoms. The second kappa shape index (κ2) is 5.82. The highest BCUT2D eigenvalue weighted by Gasteiger charge is 2.14. The highest BCUT2D eigenvalue weighted by Crippen LogP contribution is 2.24. The van der Waals surface area contributed by atoms with E-state index in [9.17, 15) is 4.79 Å². The van der Waals surface area contributed by atoms with Crippen LogP contribution in [0.1, 0.15) is 6.42 Å². The summed E-state index contributed by atoms with van der Waals surface area (Å²) in [7, 11) is 0. The Labute approximate surface area is 105 Å². The highest BCUT2D eigenvalue weighted by molar-refractivity contribution is 7.99. The number of thioether (sulfide) groups is 1. The predicted octanol–water partition coefficient (Wildman–Crippen LogP) is 2.34. The number of nitrogens with two attached hydrogens (primary N) is 1. The van der Waals surface area contributed by atoms with Crippen molar-refractivity contribution in [1.29, 1.82) is 0 Å². The van der Waals surface area contributed by atoms with Crippen LogP contribution < -0.4 is 16.4 Å². The van der Waals surface area contributed by atoms with Crippen LogP contribution in [0.4, 0.5) is 16.2 Å². The Hall–Kier alpha value is -1.36. The molecule has 0 spiro atoms. The molecule has 1 atom stereocenters. The molecule has 92 valence electrons. The van der Waals surface area contributed by atoms with Crippen molar-refractivity contribution in [3.63, 3.8) is 0 Å². The van der Waals surface area contributed by atoms with Crippen LogP contribution in [0.15, 0.2) is 24.3 Å². The van der Waals surface area contributed by atoms with Crippen molar-refractivity contribution in [2.75, 3.05) is 28.7 Å². The van der Waals surface area contributed by atoms with E-state index in [2.05, 4.69) is 10.6 Å². The van der Waals surface area contributed by atoms with Gasteiger partial charge in [-0.25, -0.2) is 4.79 Å². The first-order valence-electron chi connectivity index (χ1n) is 5.72. The molecule has 2 amide bonds. The van der Waals surface area contributed by atoms with Gasteiger partial charge in [-0.2, -0.15) is 11.8 Å². The van der Waals surface area contributed by atoms with Crippen molar-refractivity contribution >= 4 is 29.2 Å². The maximum absolute atomic E-state index is 10.6. The number of benzene rings is 1. The molecule has 0 aromatic heterocycles. The smallest absolute Gasteiger partial charge is 0.316 e. The van der Waals surface area contributed by atoms with Gasteiger partial charge in [0.1, 0.15) is 0 Å². The first kappa shape index (κ1) is 12.1. The molecule has 1 saturated heterocycles. The SMILES string of the molecule is NC(=O)Nc1ccc(NCC2CCSC2)cc1. The van der Waals surface area contributed by atoms with Crippen LogP contribution in [0.5, 0.6) is 0 Å². The molecule has 1 fully saturated rings. The topological polar surface area (TPSA) is 67.2 Å². The van der Waals surface area contributed by atoms with Gasteiger partial charge in [-0.15, -0.1) is 0 Å². The van der Waals surface area contributed by atoms with E-state index in [0.29, 0.717) is 0 Å². The Morgan fingerprint density at radius 1 is 1.35 bits per heavy atom. The molecular formula is C12H17N3OS. The Balaban J connectivity index is 1.82. The number of primary amides is 1. The third-order valence-electron chi connectivity index (χ3n) is 2.77. The summed E-state index contributed by atoms with van der Waals surface area (Å²) in [4.78, 5) is 10.6. The summed E-state index contributed by atoms with van der Waals surface area (Å²) in [5.41, 5.74) is 6.84. The van der Waals surface area contributed by atoms with Crippen LogP contribution in [0.25, 0.3) is 0 Å². The van der Waals surface area contributed by atoms with Crippen LogP contribution in [0.3, 0.4) is 0 Å². The fourth-order valence-corrected chi connectivity index (χ4v) is 3.10. The molecule has 1 aromatic rings. The molecule has 1 aliphatic heterocycles. The van der Waals surface area contributed by atoms with Gasteiger partial charge in [0.25, 0.3) is 0 Å². The van der Waals surface area contributed by atoms with Gasteiger partial charge < -0.3 is 16.4 Å². The Morgan fingerprint density at radius 3 is 2.65 bits per heavy atom. The lowest BCUT2D eigenvalue weighted by atomic mass is 10.1. The van der Waals surface area contributed by atoms with Crippen molar-refractivity contribution in [1.82, 2.24) is 0 Å². The molecular weight excluding hydrogens is 234 g/mol. The van der Waals surface area contributed by atoms with Gasteiger partial charge >= 0.3 is 6.03 Å². The Morgan fingerprint density at radius 2 is 2.06 bits per heavy atom. The first-order chi connectivity index (χ1) is 8.24. The van der Waals surface area contributed by atoms with Gasteiger partial charge in [-0.1, -0.05) is 0 Å². The average Bonchev–Trinajstić information content (AvgIpc) is 2.80. The molecule has 4 N–H and O–H groups in total. The van der Waals surface area contributed by atoms with E-state index < -0.39 is 6.03 Å². The number of amides is 2. The molecule has 1 heterocycles. The zero-order chi connectivity index (χ0) is 12.1. The van der Waals surface area contributed by atoms with Gasteiger partial charge in [0.2, 0.25) is 0 Å². The number of anilines is 2. The van der Waals surface area contributed by atoms with Crippen LogP contribution in [-0.2, 0) is 0 Å². The van der Waals surface area contributed by atoms with E-state index in [-0.39, 0.29) is 0 Å². The second-order valence-electron chi connectivity index (χ2n) is 4.18. The van der Waals surface area contributed by atoms with Crippen molar-refractivity contribution in [3.8, 4) is 0 Å². The van der Waals surface area contributed by atoms with Crippen LogP contribution >= 0.6 is 11.8 Å². The molecule has 1 unspecified atom stereocenters. The van der Waals surface area contributed by atoms with E-state index in [0.717, 1.165) is 23.8 Å². The van der Waals surface area contributed by atoms with Crippen LogP contribution in [0, 0.1) is 5.92 Å². The standard InChI is InChI=1S/C12H17N3OS/c13-12(16)15-11-3-1-10(2-4-11)14-7-9-5-6-17-8-9/h1-4,9,14H,5-8H2,(H3,13,15,16). The highest BCUT2D eigenvalue weighted by atomic mass is 32.2. The maximum atomic E-state index is 10.6. The summed E-state index contributed by atoms with van der Waals surface area (Å²) in [5.74, 6) is 3.32. The minimum Gasteiger partial charge on any atom is -0.385 e. The van der Waals surface area contributed by atoms with Crippen molar-refractivity contribution in [3.05, 3.63) is 24.3 Å². The maximum Gasteiger partial charge on any atom is 0.316 e. The molecule has 5 heteroatoms. The zero-order valence-corrected chi connectivity index (χ0v) is 10.4. The summed E-state index contributed by atoms with van der Waals surface area (Å²) in [6, 6.07) is 7.06. The lowest BCUT2D eigenvalue weighted by Gasteiger charge is -2.11. The minimum atomic E-state index is -0.534. The van der Waals surface area contributed by atoms with Gasteiger partial charge in [-0.3, -0.25) is 0 Å². The van der Waals surface area contributed by atoms with E-state index in [1.54, 1.807) is 0 Å². The average molecular weight is 251 g/mol. The second-order valence-corrected chi connectivity index (χ2v) is 5.33. The number of carbonyl (C=O) groups is 1. The number of rotatable bonds is 4. The normalized spacial score (nSPS) is 18.9. The number of hydrogen-bond acceptors (Lipinski definition) is 3. The molecule has 1 aromatic carbocycles. The zero-order valence-electron chi connectivity index (χ0n) is 9.61. The van der Waals surface area contributed by atoms with E-state index in [1.807, 2.05) is 36.0 Å². The van der Waals surface area contributed by atoms with Gasteiger partial charge in [-0.05, 0) is 48.1 Å². The summed E-state index contributed by atoms with van der Waals surface area (Å²) >= 11 is 2.03. The van der Waals surface area contributed by atoms with Gasteiger partial charge in [0, 0.05) is 17.9 Å². The Bertz CT molecular complexity index is 374. The molecule has 17 heavy (non-hydrogen) atoms. The third-order valence-corrected chi connectivity index (χ3v) is 4.00. The lowest BCUT2D eigenvalue weighted by molar-refractivity contribution is 0.259. The number of hydrogen-bond donors (Lipinski definition) is 3. The van der Waals surface area contributed by atoms with E-state index in [1.165, 1.54) is 17.9 Å². The monoisotopic (exact) mass is 251 g/mol. The van der Waals surface area contributed by atoms with E-state index >= 15 is 0 Å². The van der Waals surface area contributed by atoms with Gasteiger partial charge in [0.05, 0.1) is 0 Å². The van der Waals surface area contributed by atoms with E-state index in [4.69, 9.17) is 5.73 Å². The number of nitrogens with one attached hydrogen (secondary N) is 2. The van der Waals surface area contributed by atoms with Gasteiger partial charge in [0.15, 0.2) is 0 Å².